The number of anilines is 1. The van der Waals surface area contributed by atoms with Crippen molar-refractivity contribution in [2.75, 3.05) is 18.4 Å². The second kappa shape index (κ2) is 8.96. The van der Waals surface area contributed by atoms with Crippen molar-refractivity contribution in [2.24, 2.45) is 5.92 Å². The molecule has 0 aliphatic rings. The predicted octanol–water partition coefficient (Wildman–Crippen LogP) is 3.05. The van der Waals surface area contributed by atoms with E-state index < -0.39 is 0 Å². The fourth-order valence-corrected chi connectivity index (χ4v) is 2.13. The van der Waals surface area contributed by atoms with Crippen LogP contribution >= 0.6 is 0 Å². The average molecular weight is 330 g/mol. The summed E-state index contributed by atoms with van der Waals surface area (Å²) in [4.78, 5) is 20.3. The second-order valence-electron chi connectivity index (χ2n) is 5.99. The maximum Gasteiger partial charge on any atom is 0.271 e. The number of rotatable bonds is 8. The zero-order chi connectivity index (χ0) is 17.4. The number of aromatic nitrogens is 2. The highest BCUT2D eigenvalue weighted by Gasteiger charge is 2.08. The van der Waals surface area contributed by atoms with Gasteiger partial charge in [0.15, 0.2) is 0 Å². The number of halogens is 1. The molecule has 1 heterocycles. The van der Waals surface area contributed by atoms with Crippen LogP contribution in [0.4, 0.5) is 10.2 Å². The molecule has 0 aliphatic heterocycles. The van der Waals surface area contributed by atoms with E-state index in [9.17, 15) is 9.18 Å². The van der Waals surface area contributed by atoms with Gasteiger partial charge in [-0.3, -0.25) is 4.79 Å². The van der Waals surface area contributed by atoms with Crippen molar-refractivity contribution >= 4 is 11.7 Å². The second-order valence-corrected chi connectivity index (χ2v) is 5.99. The molecule has 1 aromatic heterocycles. The van der Waals surface area contributed by atoms with E-state index in [4.69, 9.17) is 0 Å². The molecule has 0 bridgehead atoms. The molecule has 0 saturated heterocycles. The van der Waals surface area contributed by atoms with E-state index in [0.29, 0.717) is 30.3 Å². The highest BCUT2D eigenvalue weighted by atomic mass is 19.1. The lowest BCUT2D eigenvalue weighted by Gasteiger charge is -2.08. The summed E-state index contributed by atoms with van der Waals surface area (Å²) in [6, 6.07) is 6.53. The third kappa shape index (κ3) is 5.61. The molecule has 0 fully saturated rings. The van der Waals surface area contributed by atoms with Gasteiger partial charge in [-0.05, 0) is 30.4 Å². The highest BCUT2D eigenvalue weighted by Crippen LogP contribution is 2.07. The van der Waals surface area contributed by atoms with E-state index >= 15 is 0 Å². The summed E-state index contributed by atoms with van der Waals surface area (Å²) in [5, 5.41) is 5.89. The fraction of sp³-hybridized carbons (Fsp3) is 0.389. The van der Waals surface area contributed by atoms with Crippen molar-refractivity contribution in [2.45, 2.75) is 26.7 Å². The molecule has 0 saturated carbocycles. The molecule has 0 spiro atoms. The first-order valence-electron chi connectivity index (χ1n) is 8.14. The molecule has 1 aromatic carbocycles. The highest BCUT2D eigenvalue weighted by molar-refractivity contribution is 5.91. The molecule has 1 amide bonds. The molecular weight excluding hydrogens is 307 g/mol. The number of hydrogen-bond donors (Lipinski definition) is 2. The topological polar surface area (TPSA) is 66.9 Å². The number of benzene rings is 1. The number of nitrogens with zero attached hydrogens (tertiary/aromatic N) is 2. The van der Waals surface area contributed by atoms with Crippen LogP contribution in [0.5, 0.6) is 0 Å². The first-order chi connectivity index (χ1) is 11.6. The van der Waals surface area contributed by atoms with Crippen LogP contribution < -0.4 is 10.6 Å². The molecule has 2 rings (SSSR count). The van der Waals surface area contributed by atoms with Gasteiger partial charge < -0.3 is 10.6 Å². The standard InChI is InChI=1S/C18H23FN4O/c1-13(2)7-9-20-17-12-22-16(11-23-17)18(24)21-10-8-14-5-3-4-6-15(14)19/h3-6,11-13H,7-10H2,1-2H3,(H,20,23)(H,21,24). The third-order valence-electron chi connectivity index (χ3n) is 3.55. The average Bonchev–Trinajstić information content (AvgIpc) is 2.57. The van der Waals surface area contributed by atoms with Gasteiger partial charge in [0.05, 0.1) is 12.4 Å². The molecule has 6 heteroatoms. The minimum Gasteiger partial charge on any atom is -0.369 e. The predicted molar refractivity (Wildman–Crippen MR) is 92.4 cm³/mol. The summed E-state index contributed by atoms with van der Waals surface area (Å²) < 4.78 is 13.5. The fourth-order valence-electron chi connectivity index (χ4n) is 2.13. The van der Waals surface area contributed by atoms with Crippen LogP contribution in [0, 0.1) is 11.7 Å². The van der Waals surface area contributed by atoms with Crippen molar-refractivity contribution in [1.29, 1.82) is 0 Å². The van der Waals surface area contributed by atoms with Crippen LogP contribution in [-0.2, 0) is 6.42 Å². The lowest BCUT2D eigenvalue weighted by Crippen LogP contribution is -2.27. The summed E-state index contributed by atoms with van der Waals surface area (Å²) >= 11 is 0. The van der Waals surface area contributed by atoms with Gasteiger partial charge in [0.1, 0.15) is 17.3 Å². The number of hydrogen-bond acceptors (Lipinski definition) is 4. The molecule has 5 nitrogen and oxygen atoms in total. The summed E-state index contributed by atoms with van der Waals surface area (Å²) in [6.07, 6.45) is 4.46. The van der Waals surface area contributed by atoms with Crippen molar-refractivity contribution < 1.29 is 9.18 Å². The molecule has 128 valence electrons. The first-order valence-corrected chi connectivity index (χ1v) is 8.14. The van der Waals surface area contributed by atoms with Gasteiger partial charge in [0.25, 0.3) is 5.91 Å². The minimum atomic E-state index is -0.312. The lowest BCUT2D eigenvalue weighted by molar-refractivity contribution is 0.0948. The Kier molecular flexibility index (Phi) is 6.66. The normalized spacial score (nSPS) is 10.7. The Bertz CT molecular complexity index is 658. The van der Waals surface area contributed by atoms with Crippen molar-refractivity contribution in [1.82, 2.24) is 15.3 Å². The van der Waals surface area contributed by atoms with Crippen molar-refractivity contribution in [3.05, 3.63) is 53.7 Å². The Labute approximate surface area is 141 Å². The van der Waals surface area contributed by atoms with Gasteiger partial charge in [-0.2, -0.15) is 0 Å². The SMILES string of the molecule is CC(C)CCNc1cnc(C(=O)NCCc2ccccc2F)cn1. The van der Waals surface area contributed by atoms with Crippen LogP contribution in [0.1, 0.15) is 36.3 Å². The quantitative estimate of drug-likeness (QED) is 0.781. The largest absolute Gasteiger partial charge is 0.369 e. The summed E-state index contributed by atoms with van der Waals surface area (Å²) in [5.41, 5.74) is 0.825. The Morgan fingerprint density at radius 1 is 1.17 bits per heavy atom. The number of carbonyl (C=O) groups excluding carboxylic acids is 1. The number of amides is 1. The maximum absolute atomic E-state index is 13.5. The molecule has 2 N–H and O–H groups in total. The minimum absolute atomic E-state index is 0.248. The zero-order valence-electron chi connectivity index (χ0n) is 14.1. The first kappa shape index (κ1) is 17.8. The van der Waals surface area contributed by atoms with Crippen LogP contribution in [0.2, 0.25) is 0 Å². The van der Waals surface area contributed by atoms with Gasteiger partial charge >= 0.3 is 0 Å². The van der Waals surface area contributed by atoms with E-state index in [0.717, 1.165) is 13.0 Å². The molecule has 0 aliphatic carbocycles. The van der Waals surface area contributed by atoms with E-state index in [1.54, 1.807) is 24.4 Å². The third-order valence-corrected chi connectivity index (χ3v) is 3.55. The molecule has 0 unspecified atom stereocenters. The Balaban J connectivity index is 1.79. The summed E-state index contributed by atoms with van der Waals surface area (Å²) in [5.74, 6) is 0.694. The van der Waals surface area contributed by atoms with Crippen LogP contribution in [0.25, 0.3) is 0 Å². The molecule has 24 heavy (non-hydrogen) atoms. The molecule has 0 radical (unpaired) electrons. The smallest absolute Gasteiger partial charge is 0.271 e. The van der Waals surface area contributed by atoms with Crippen molar-refractivity contribution in [3.63, 3.8) is 0 Å². The Morgan fingerprint density at radius 3 is 2.62 bits per heavy atom. The molecular formula is C18H23FN4O. The van der Waals surface area contributed by atoms with E-state index in [2.05, 4.69) is 34.4 Å². The van der Waals surface area contributed by atoms with Gasteiger partial charge in [0, 0.05) is 13.1 Å². The van der Waals surface area contributed by atoms with Gasteiger partial charge in [-0.15, -0.1) is 0 Å². The summed E-state index contributed by atoms with van der Waals surface area (Å²) in [7, 11) is 0. The monoisotopic (exact) mass is 330 g/mol. The van der Waals surface area contributed by atoms with Gasteiger partial charge in [0.2, 0.25) is 0 Å². The van der Waals surface area contributed by atoms with E-state index in [-0.39, 0.29) is 17.4 Å². The van der Waals surface area contributed by atoms with Crippen LogP contribution in [0.3, 0.4) is 0 Å². The Morgan fingerprint density at radius 2 is 1.96 bits per heavy atom. The van der Waals surface area contributed by atoms with Gasteiger partial charge in [-0.25, -0.2) is 14.4 Å². The molecule has 2 aromatic rings. The summed E-state index contributed by atoms with van der Waals surface area (Å²) in [6.45, 7) is 5.47. The number of nitrogens with one attached hydrogen (secondary N) is 2. The van der Waals surface area contributed by atoms with Crippen LogP contribution in [0.15, 0.2) is 36.7 Å². The van der Waals surface area contributed by atoms with Crippen LogP contribution in [-0.4, -0.2) is 29.0 Å². The Hall–Kier alpha value is -2.50. The van der Waals surface area contributed by atoms with E-state index in [1.807, 2.05) is 0 Å². The zero-order valence-corrected chi connectivity index (χ0v) is 14.1. The van der Waals surface area contributed by atoms with Gasteiger partial charge in [-0.1, -0.05) is 32.0 Å². The molecule has 0 atom stereocenters. The number of carbonyl (C=O) groups is 1. The maximum atomic E-state index is 13.5. The lowest BCUT2D eigenvalue weighted by atomic mass is 10.1. The van der Waals surface area contributed by atoms with E-state index in [1.165, 1.54) is 12.3 Å². The van der Waals surface area contributed by atoms with Crippen molar-refractivity contribution in [3.8, 4) is 0 Å².